The second-order valence-electron chi connectivity index (χ2n) is 7.69. The summed E-state index contributed by atoms with van der Waals surface area (Å²) in [7, 11) is 3.09. The summed E-state index contributed by atoms with van der Waals surface area (Å²) in [5.41, 5.74) is 0.978. The Kier molecular flexibility index (Phi) is 8.03. The van der Waals surface area contributed by atoms with E-state index in [2.05, 4.69) is 10.2 Å². The molecule has 0 aliphatic carbocycles. The maximum atomic E-state index is 12.1. The molecular weight excluding hydrogens is 536 g/mol. The molecular formula is C25H21ClN4O7S. The van der Waals surface area contributed by atoms with E-state index in [1.165, 1.54) is 24.3 Å². The molecule has 38 heavy (non-hydrogen) atoms. The van der Waals surface area contributed by atoms with Crippen LogP contribution in [0.15, 0.2) is 63.0 Å². The van der Waals surface area contributed by atoms with E-state index in [1.54, 1.807) is 49.1 Å². The van der Waals surface area contributed by atoms with Crippen LogP contribution < -0.4 is 9.47 Å². The average Bonchev–Trinajstić information content (AvgIpc) is 3.54. The lowest BCUT2D eigenvalue weighted by molar-refractivity contribution is -0.384. The molecule has 11 nitrogen and oxygen atoms in total. The molecule has 0 unspecified atom stereocenters. The topological polar surface area (TPSA) is 143 Å². The Morgan fingerprint density at radius 2 is 1.87 bits per heavy atom. The average molecular weight is 557 g/mol. The lowest BCUT2D eigenvalue weighted by Gasteiger charge is -2.10. The van der Waals surface area contributed by atoms with Crippen LogP contribution in [-0.2, 0) is 11.3 Å². The molecule has 1 N–H and O–H groups in total. The van der Waals surface area contributed by atoms with Crippen molar-refractivity contribution in [2.45, 2.75) is 18.6 Å². The second kappa shape index (κ2) is 11.4. The zero-order valence-electron chi connectivity index (χ0n) is 20.4. The number of hydrogen-bond acceptors (Lipinski definition) is 9. The molecule has 0 saturated carbocycles. The highest BCUT2D eigenvalue weighted by Crippen LogP contribution is 2.35. The molecule has 4 aromatic rings. The molecule has 2 aromatic carbocycles. The third-order valence-corrected chi connectivity index (χ3v) is 6.69. The molecule has 0 bridgehead atoms. The molecule has 196 valence electrons. The third-order valence-electron chi connectivity index (χ3n) is 5.38. The van der Waals surface area contributed by atoms with Crippen molar-refractivity contribution < 1.29 is 28.7 Å². The van der Waals surface area contributed by atoms with Gasteiger partial charge in [0.05, 0.1) is 24.2 Å². The van der Waals surface area contributed by atoms with Gasteiger partial charge < -0.3 is 23.6 Å². The van der Waals surface area contributed by atoms with Gasteiger partial charge in [0.2, 0.25) is 0 Å². The predicted molar refractivity (Wildman–Crippen MR) is 142 cm³/mol. The van der Waals surface area contributed by atoms with E-state index < -0.39 is 10.9 Å². The standard InChI is InChI=1S/C25H21ClN4O7S/c1-4-29-23(14-9-17(35-2)12-18(10-14)36-3)27-28-25(29)38-22(24(31)32)13-16-6-8-21(37-16)19-7-5-15(30(33)34)11-20(19)26/h5-13H,4H2,1-3H3,(H,31,32)/b22-13-. The highest BCUT2D eigenvalue weighted by Gasteiger charge is 2.20. The van der Waals surface area contributed by atoms with E-state index in [9.17, 15) is 20.0 Å². The van der Waals surface area contributed by atoms with Crippen LogP contribution in [0.3, 0.4) is 0 Å². The number of carboxylic acids is 1. The summed E-state index contributed by atoms with van der Waals surface area (Å²) in [6.45, 7) is 2.37. The lowest BCUT2D eigenvalue weighted by Crippen LogP contribution is -2.03. The molecule has 2 aromatic heterocycles. The Balaban J connectivity index is 1.65. The summed E-state index contributed by atoms with van der Waals surface area (Å²) in [6, 6.07) is 12.5. The number of non-ortho nitro benzene ring substituents is 1. The molecule has 0 aliphatic rings. The number of aliphatic carboxylic acids is 1. The van der Waals surface area contributed by atoms with Gasteiger partial charge in [0.25, 0.3) is 5.69 Å². The van der Waals surface area contributed by atoms with Gasteiger partial charge in [-0.2, -0.15) is 0 Å². The molecule has 4 rings (SSSR count). The number of ether oxygens (including phenoxy) is 2. The number of carboxylic acid groups (broad SMARTS) is 1. The van der Waals surface area contributed by atoms with Crippen LogP contribution in [0.5, 0.6) is 11.5 Å². The van der Waals surface area contributed by atoms with Gasteiger partial charge in [0.15, 0.2) is 11.0 Å². The Morgan fingerprint density at radius 3 is 2.45 bits per heavy atom. The summed E-state index contributed by atoms with van der Waals surface area (Å²) in [5, 5.41) is 29.8. The molecule has 0 radical (unpaired) electrons. The molecule has 2 heterocycles. The Bertz CT molecular complexity index is 1520. The first-order chi connectivity index (χ1) is 18.2. The number of nitro groups is 1. The van der Waals surface area contributed by atoms with Crippen LogP contribution >= 0.6 is 23.4 Å². The SMILES string of the molecule is CCn1c(S/C(=C\c2ccc(-c3ccc([N+](=O)[O-])cc3Cl)o2)C(=O)O)nnc1-c1cc(OC)cc(OC)c1. The zero-order valence-corrected chi connectivity index (χ0v) is 21.9. The number of halogens is 1. The van der Waals surface area contributed by atoms with Gasteiger partial charge in [0.1, 0.15) is 27.9 Å². The fraction of sp³-hybridized carbons (Fsp3) is 0.160. The van der Waals surface area contributed by atoms with Gasteiger partial charge in [-0.25, -0.2) is 4.79 Å². The minimum Gasteiger partial charge on any atom is -0.497 e. The fourth-order valence-corrected chi connectivity index (χ4v) is 4.69. The van der Waals surface area contributed by atoms with Gasteiger partial charge in [0, 0.05) is 41.9 Å². The van der Waals surface area contributed by atoms with Gasteiger partial charge in [-0.15, -0.1) is 10.2 Å². The number of nitro benzene ring substituents is 1. The number of rotatable bonds is 10. The monoisotopic (exact) mass is 556 g/mol. The Hall–Kier alpha value is -4.29. The van der Waals surface area contributed by atoms with E-state index in [0.717, 1.165) is 11.8 Å². The zero-order chi connectivity index (χ0) is 27.4. The van der Waals surface area contributed by atoms with E-state index in [0.29, 0.717) is 45.9 Å². The van der Waals surface area contributed by atoms with Crippen LogP contribution in [0.4, 0.5) is 5.69 Å². The second-order valence-corrected chi connectivity index (χ2v) is 9.11. The maximum absolute atomic E-state index is 12.1. The van der Waals surface area contributed by atoms with Gasteiger partial charge in [-0.3, -0.25) is 10.1 Å². The normalized spacial score (nSPS) is 11.4. The third kappa shape index (κ3) is 5.66. The molecule has 13 heteroatoms. The van der Waals surface area contributed by atoms with Crippen LogP contribution in [0.1, 0.15) is 12.7 Å². The van der Waals surface area contributed by atoms with E-state index in [-0.39, 0.29) is 21.4 Å². The molecule has 0 amide bonds. The first kappa shape index (κ1) is 26.8. The highest BCUT2D eigenvalue weighted by molar-refractivity contribution is 8.04. The van der Waals surface area contributed by atoms with Crippen LogP contribution in [0.25, 0.3) is 28.8 Å². The fourth-order valence-electron chi connectivity index (χ4n) is 3.55. The number of thioether (sulfide) groups is 1. The van der Waals surface area contributed by atoms with Crippen molar-refractivity contribution in [1.29, 1.82) is 0 Å². The van der Waals surface area contributed by atoms with E-state index in [1.807, 2.05) is 6.92 Å². The van der Waals surface area contributed by atoms with Crippen molar-refractivity contribution in [3.8, 4) is 34.2 Å². The van der Waals surface area contributed by atoms with Crippen molar-refractivity contribution in [2.24, 2.45) is 0 Å². The molecule has 0 saturated heterocycles. The number of benzene rings is 2. The smallest absolute Gasteiger partial charge is 0.342 e. The van der Waals surface area contributed by atoms with Crippen molar-refractivity contribution in [3.63, 3.8) is 0 Å². The minimum atomic E-state index is -1.18. The number of aromatic nitrogens is 3. The van der Waals surface area contributed by atoms with Crippen LogP contribution in [0, 0.1) is 10.1 Å². The quantitative estimate of drug-likeness (QED) is 0.106. The number of carbonyl (C=O) groups is 1. The van der Waals surface area contributed by atoms with Gasteiger partial charge in [-0.1, -0.05) is 11.6 Å². The summed E-state index contributed by atoms with van der Waals surface area (Å²) < 4.78 is 18.2. The summed E-state index contributed by atoms with van der Waals surface area (Å²) in [4.78, 5) is 22.4. The Morgan fingerprint density at radius 1 is 1.16 bits per heavy atom. The van der Waals surface area contributed by atoms with Crippen molar-refractivity contribution in [3.05, 3.63) is 74.3 Å². The van der Waals surface area contributed by atoms with Crippen molar-refractivity contribution in [2.75, 3.05) is 14.2 Å². The Labute approximate surface area is 225 Å². The van der Waals surface area contributed by atoms with Gasteiger partial charge in [-0.05, 0) is 49.0 Å². The number of furan rings is 1. The minimum absolute atomic E-state index is 0.0578. The summed E-state index contributed by atoms with van der Waals surface area (Å²) >= 11 is 7.11. The highest BCUT2D eigenvalue weighted by atomic mass is 35.5. The van der Waals surface area contributed by atoms with Crippen LogP contribution in [-0.4, -0.2) is 45.0 Å². The van der Waals surface area contributed by atoms with E-state index in [4.69, 9.17) is 25.5 Å². The predicted octanol–water partition coefficient (Wildman–Crippen LogP) is 6.02. The summed E-state index contributed by atoms with van der Waals surface area (Å²) in [6.07, 6.45) is 1.36. The molecule has 0 spiro atoms. The largest absolute Gasteiger partial charge is 0.497 e. The van der Waals surface area contributed by atoms with Crippen molar-refractivity contribution >= 4 is 41.1 Å². The first-order valence-electron chi connectivity index (χ1n) is 11.1. The number of methoxy groups -OCH3 is 2. The first-order valence-corrected chi connectivity index (χ1v) is 12.3. The molecule has 0 fully saturated rings. The molecule has 0 aliphatic heterocycles. The number of nitrogens with zero attached hydrogens (tertiary/aromatic N) is 4. The van der Waals surface area contributed by atoms with Crippen molar-refractivity contribution in [1.82, 2.24) is 14.8 Å². The van der Waals surface area contributed by atoms with Crippen LogP contribution in [0.2, 0.25) is 5.02 Å². The lowest BCUT2D eigenvalue weighted by atomic mass is 10.1. The number of hydrogen-bond donors (Lipinski definition) is 1. The van der Waals surface area contributed by atoms with Gasteiger partial charge >= 0.3 is 5.97 Å². The summed E-state index contributed by atoms with van der Waals surface area (Å²) in [5.74, 6) is 1.07. The molecule has 0 atom stereocenters. The van der Waals surface area contributed by atoms with E-state index >= 15 is 0 Å². The maximum Gasteiger partial charge on any atom is 0.342 e.